The van der Waals surface area contributed by atoms with E-state index in [-0.39, 0.29) is 12.1 Å². The number of hydrogen-bond acceptors (Lipinski definition) is 4. The maximum atomic E-state index is 11.6. The monoisotopic (exact) mass is 315 g/mol. The van der Waals surface area contributed by atoms with E-state index in [9.17, 15) is 4.79 Å². The van der Waals surface area contributed by atoms with Crippen molar-refractivity contribution < 1.29 is 14.3 Å². The summed E-state index contributed by atoms with van der Waals surface area (Å²) in [6, 6.07) is 6.36. The van der Waals surface area contributed by atoms with E-state index in [0.717, 1.165) is 17.9 Å². The largest absolute Gasteiger partial charge is 0.489 e. The van der Waals surface area contributed by atoms with E-state index in [1.165, 1.54) is 32.2 Å². The Balaban J connectivity index is 1.51. The summed E-state index contributed by atoms with van der Waals surface area (Å²) in [7, 11) is 0. The lowest BCUT2D eigenvalue weighted by Gasteiger charge is -2.41. The average Bonchev–Trinajstić information content (AvgIpc) is 3.25. The first-order valence-electron chi connectivity index (χ1n) is 8.82. The minimum atomic E-state index is -0.217. The molecule has 2 fully saturated rings. The molecule has 124 valence electrons. The van der Waals surface area contributed by atoms with E-state index in [4.69, 9.17) is 9.47 Å². The van der Waals surface area contributed by atoms with Gasteiger partial charge in [-0.3, -0.25) is 4.90 Å². The van der Waals surface area contributed by atoms with Gasteiger partial charge in [-0.15, -0.1) is 0 Å². The Hall–Kier alpha value is -1.55. The Bertz CT molecular complexity index is 623. The second-order valence-corrected chi connectivity index (χ2v) is 7.37. The van der Waals surface area contributed by atoms with Crippen LogP contribution in [0.4, 0.5) is 0 Å². The molecule has 0 aromatic heterocycles. The summed E-state index contributed by atoms with van der Waals surface area (Å²) in [5.74, 6) is 0.662. The first kappa shape index (κ1) is 15.0. The van der Waals surface area contributed by atoms with Crippen LogP contribution in [0.1, 0.15) is 55.5 Å². The molecule has 1 aromatic carbocycles. The fourth-order valence-electron chi connectivity index (χ4n) is 3.93. The molecule has 0 amide bonds. The number of piperidine rings is 1. The highest BCUT2D eigenvalue weighted by Gasteiger charge is 2.53. The van der Waals surface area contributed by atoms with Crippen LogP contribution in [0, 0.1) is 5.41 Å². The number of rotatable bonds is 4. The fraction of sp³-hybridized carbons (Fsp3) is 0.632. The Morgan fingerprint density at radius 1 is 1.39 bits per heavy atom. The van der Waals surface area contributed by atoms with Gasteiger partial charge in [-0.2, -0.15) is 0 Å². The minimum Gasteiger partial charge on any atom is -0.489 e. The molecule has 4 nitrogen and oxygen atoms in total. The van der Waals surface area contributed by atoms with E-state index < -0.39 is 0 Å². The molecule has 1 aliphatic carbocycles. The normalized spacial score (nSPS) is 26.7. The molecule has 1 saturated carbocycles. The van der Waals surface area contributed by atoms with Crippen LogP contribution in [-0.4, -0.2) is 36.1 Å². The number of carbonyl (C=O) groups excluding carboxylic acids is 1. The standard InChI is InChI=1S/C19H25NO3/c1-3-13(2)20-9-8-19(6-7-19)17(11-20)23-15-4-5-16-14(10-15)12-22-18(16)21/h4-5,10,13,17H,3,6-9,11-12H2,1-2H3/t13-,17-/m0/s1. The smallest absolute Gasteiger partial charge is 0.338 e. The predicted molar refractivity (Wildman–Crippen MR) is 87.6 cm³/mol. The van der Waals surface area contributed by atoms with Crippen molar-refractivity contribution in [3.8, 4) is 5.75 Å². The van der Waals surface area contributed by atoms with Crippen LogP contribution >= 0.6 is 0 Å². The Morgan fingerprint density at radius 3 is 2.96 bits per heavy atom. The van der Waals surface area contributed by atoms with Crippen molar-refractivity contribution in [3.63, 3.8) is 0 Å². The van der Waals surface area contributed by atoms with Crippen LogP contribution in [0.5, 0.6) is 5.75 Å². The van der Waals surface area contributed by atoms with Crippen molar-refractivity contribution >= 4 is 5.97 Å². The van der Waals surface area contributed by atoms with Gasteiger partial charge in [-0.1, -0.05) is 6.92 Å². The zero-order chi connectivity index (χ0) is 16.0. The van der Waals surface area contributed by atoms with Gasteiger partial charge in [0, 0.05) is 23.6 Å². The highest BCUT2D eigenvalue weighted by molar-refractivity contribution is 5.93. The number of esters is 1. The maximum Gasteiger partial charge on any atom is 0.338 e. The summed E-state index contributed by atoms with van der Waals surface area (Å²) in [5.41, 5.74) is 2.03. The Morgan fingerprint density at radius 2 is 2.22 bits per heavy atom. The summed E-state index contributed by atoms with van der Waals surface area (Å²) in [6.07, 6.45) is 5.27. The molecule has 2 atom stereocenters. The third-order valence-electron chi connectivity index (χ3n) is 6.02. The van der Waals surface area contributed by atoms with Crippen molar-refractivity contribution in [2.45, 2.75) is 58.3 Å². The van der Waals surface area contributed by atoms with Gasteiger partial charge in [-0.05, 0) is 57.4 Å². The summed E-state index contributed by atoms with van der Waals surface area (Å²) in [5, 5.41) is 0. The molecule has 0 bridgehead atoms. The van der Waals surface area contributed by atoms with E-state index >= 15 is 0 Å². The van der Waals surface area contributed by atoms with Gasteiger partial charge in [-0.25, -0.2) is 4.79 Å². The summed E-state index contributed by atoms with van der Waals surface area (Å²) < 4.78 is 11.5. The predicted octanol–water partition coefficient (Wildman–Crippen LogP) is 3.39. The summed E-state index contributed by atoms with van der Waals surface area (Å²) >= 11 is 0. The third-order valence-corrected chi connectivity index (χ3v) is 6.02. The van der Waals surface area contributed by atoms with Gasteiger partial charge in [0.1, 0.15) is 18.5 Å². The number of fused-ring (bicyclic) bond motifs is 1. The maximum absolute atomic E-state index is 11.6. The topological polar surface area (TPSA) is 38.8 Å². The number of benzene rings is 1. The lowest BCUT2D eigenvalue weighted by Crippen LogP contribution is -2.50. The third kappa shape index (κ3) is 2.63. The van der Waals surface area contributed by atoms with E-state index in [0.29, 0.717) is 23.6 Å². The van der Waals surface area contributed by atoms with Gasteiger partial charge < -0.3 is 9.47 Å². The first-order chi connectivity index (χ1) is 11.1. The molecule has 1 saturated heterocycles. The number of ether oxygens (including phenoxy) is 2. The highest BCUT2D eigenvalue weighted by Crippen LogP contribution is 2.55. The van der Waals surface area contributed by atoms with Gasteiger partial charge in [0.15, 0.2) is 0 Å². The molecule has 23 heavy (non-hydrogen) atoms. The van der Waals surface area contributed by atoms with Gasteiger partial charge in [0.25, 0.3) is 0 Å². The average molecular weight is 315 g/mol. The van der Waals surface area contributed by atoms with Gasteiger partial charge in [0.2, 0.25) is 0 Å². The number of cyclic esters (lactones) is 1. The number of hydrogen-bond donors (Lipinski definition) is 0. The molecule has 1 aromatic rings. The molecular weight excluding hydrogens is 290 g/mol. The van der Waals surface area contributed by atoms with E-state index in [1.807, 2.05) is 18.2 Å². The minimum absolute atomic E-state index is 0.217. The van der Waals surface area contributed by atoms with Crippen LogP contribution in [0.3, 0.4) is 0 Å². The van der Waals surface area contributed by atoms with E-state index in [1.54, 1.807) is 0 Å². The van der Waals surface area contributed by atoms with Crippen LogP contribution in [0.25, 0.3) is 0 Å². The fourth-order valence-corrected chi connectivity index (χ4v) is 3.93. The molecule has 0 unspecified atom stereocenters. The SMILES string of the molecule is CC[C@H](C)N1CCC2(CC2)[C@@H](Oc2ccc3c(c2)COC3=O)C1. The number of likely N-dealkylation sites (tertiary alicyclic amines) is 1. The molecule has 0 N–H and O–H groups in total. The zero-order valence-electron chi connectivity index (χ0n) is 14.0. The molecule has 1 spiro atoms. The summed E-state index contributed by atoms with van der Waals surface area (Å²) in [6.45, 7) is 7.14. The molecule has 2 aliphatic heterocycles. The first-order valence-corrected chi connectivity index (χ1v) is 8.82. The quantitative estimate of drug-likeness (QED) is 0.798. The van der Waals surface area contributed by atoms with Gasteiger partial charge in [0.05, 0.1) is 5.56 Å². The van der Waals surface area contributed by atoms with Crippen molar-refractivity contribution in [2.75, 3.05) is 13.1 Å². The molecule has 2 heterocycles. The van der Waals surface area contributed by atoms with Crippen molar-refractivity contribution in [1.29, 1.82) is 0 Å². The Labute approximate surface area is 137 Å². The number of nitrogens with zero attached hydrogens (tertiary/aromatic N) is 1. The van der Waals surface area contributed by atoms with Gasteiger partial charge >= 0.3 is 5.97 Å². The molecule has 4 heteroatoms. The lowest BCUT2D eigenvalue weighted by atomic mass is 9.89. The summed E-state index contributed by atoms with van der Waals surface area (Å²) in [4.78, 5) is 14.1. The lowest BCUT2D eigenvalue weighted by molar-refractivity contribution is 0.00950. The molecular formula is C19H25NO3. The van der Waals surface area contributed by atoms with Crippen molar-refractivity contribution in [3.05, 3.63) is 29.3 Å². The zero-order valence-corrected chi connectivity index (χ0v) is 14.0. The molecule has 4 rings (SSSR count). The van der Waals surface area contributed by atoms with E-state index in [2.05, 4.69) is 18.7 Å². The van der Waals surface area contributed by atoms with Crippen LogP contribution in [0.15, 0.2) is 18.2 Å². The second-order valence-electron chi connectivity index (χ2n) is 7.37. The highest BCUT2D eigenvalue weighted by atomic mass is 16.5. The van der Waals surface area contributed by atoms with Crippen LogP contribution in [-0.2, 0) is 11.3 Å². The number of carbonyl (C=O) groups is 1. The van der Waals surface area contributed by atoms with Crippen LogP contribution < -0.4 is 4.74 Å². The second kappa shape index (κ2) is 5.52. The van der Waals surface area contributed by atoms with Crippen LogP contribution in [0.2, 0.25) is 0 Å². The van der Waals surface area contributed by atoms with Crippen molar-refractivity contribution in [2.24, 2.45) is 5.41 Å². The molecule has 3 aliphatic rings. The van der Waals surface area contributed by atoms with Crippen molar-refractivity contribution in [1.82, 2.24) is 4.90 Å². The Kier molecular flexibility index (Phi) is 3.60. The molecule has 0 radical (unpaired) electrons.